The van der Waals surface area contributed by atoms with Crippen LogP contribution in [0.3, 0.4) is 0 Å². The molecule has 2 aromatic heterocycles. The van der Waals surface area contributed by atoms with Crippen LogP contribution in [0.5, 0.6) is 0 Å². The number of rotatable bonds is 7. The van der Waals surface area contributed by atoms with E-state index < -0.39 is 17.9 Å². The Morgan fingerprint density at radius 1 is 1.27 bits per heavy atom. The first-order chi connectivity index (χ1) is 14.6. The molecule has 0 radical (unpaired) electrons. The summed E-state index contributed by atoms with van der Waals surface area (Å²) < 4.78 is 12.6. The lowest BCUT2D eigenvalue weighted by molar-refractivity contribution is -0.153. The number of hydrogen-bond donors (Lipinski definition) is 0. The molecular weight excluding hydrogens is 402 g/mol. The van der Waals surface area contributed by atoms with Crippen LogP contribution in [0.1, 0.15) is 29.8 Å². The predicted molar refractivity (Wildman–Crippen MR) is 116 cm³/mol. The van der Waals surface area contributed by atoms with Gasteiger partial charge in [-0.3, -0.25) is 19.1 Å². The van der Waals surface area contributed by atoms with E-state index in [1.807, 2.05) is 47.2 Å². The first kappa shape index (κ1) is 20.6. The Balaban J connectivity index is 1.94. The van der Waals surface area contributed by atoms with E-state index in [4.69, 9.17) is 14.5 Å². The van der Waals surface area contributed by atoms with Gasteiger partial charge in [0, 0.05) is 25.1 Å². The number of fused-ring (bicyclic) bond motifs is 3. The third-order valence-electron chi connectivity index (χ3n) is 5.39. The Kier molecular flexibility index (Phi) is 5.87. The molecule has 1 amide bonds. The van der Waals surface area contributed by atoms with Crippen molar-refractivity contribution in [2.24, 2.45) is 5.92 Å². The van der Waals surface area contributed by atoms with Gasteiger partial charge >= 0.3 is 5.97 Å². The van der Waals surface area contributed by atoms with Crippen molar-refractivity contribution in [2.45, 2.75) is 26.3 Å². The summed E-state index contributed by atoms with van der Waals surface area (Å²) in [5.74, 6) is -1.17. The third-order valence-corrected chi connectivity index (χ3v) is 6.48. The number of amides is 1. The standard InChI is InChI=1S/C22H25N3O4S/c1-4-29-21(27)17-18(19-14(2)10-13-30-19)25-16-9-6-5-8-15(16)23-22(25)24(20(17)26)11-7-12-28-3/h5-6,8-10,13,17-18H,4,7,11-12H2,1-3H3. The Morgan fingerprint density at radius 3 is 2.77 bits per heavy atom. The number of benzene rings is 1. The minimum absolute atomic E-state index is 0.222. The van der Waals surface area contributed by atoms with E-state index in [0.29, 0.717) is 25.5 Å². The van der Waals surface area contributed by atoms with Crippen LogP contribution in [0.15, 0.2) is 35.7 Å². The van der Waals surface area contributed by atoms with E-state index in [1.54, 1.807) is 30.3 Å². The van der Waals surface area contributed by atoms with Crippen LogP contribution in [0, 0.1) is 12.8 Å². The molecule has 3 aromatic rings. The van der Waals surface area contributed by atoms with Gasteiger partial charge < -0.3 is 9.47 Å². The van der Waals surface area contributed by atoms with Crippen LogP contribution >= 0.6 is 11.3 Å². The molecule has 1 aliphatic rings. The monoisotopic (exact) mass is 427 g/mol. The zero-order valence-electron chi connectivity index (χ0n) is 17.3. The number of thiophene rings is 1. The molecule has 2 unspecified atom stereocenters. The molecule has 1 aromatic carbocycles. The lowest BCUT2D eigenvalue weighted by atomic mass is 9.92. The SMILES string of the molecule is CCOC(=O)C1C(=O)N(CCCOC)c2nc3ccccc3n2C1c1sccc1C. The number of aromatic nitrogens is 2. The number of carbonyl (C=O) groups excluding carboxylic acids is 2. The predicted octanol–water partition coefficient (Wildman–Crippen LogP) is 3.56. The number of nitrogens with zero attached hydrogens (tertiary/aromatic N) is 3. The molecule has 0 spiro atoms. The first-order valence-corrected chi connectivity index (χ1v) is 10.9. The van der Waals surface area contributed by atoms with Gasteiger partial charge in [-0.05, 0) is 49.4 Å². The zero-order valence-corrected chi connectivity index (χ0v) is 18.1. The molecule has 1 aliphatic heterocycles. The van der Waals surface area contributed by atoms with Gasteiger partial charge in [-0.25, -0.2) is 4.98 Å². The van der Waals surface area contributed by atoms with Crippen molar-refractivity contribution in [1.29, 1.82) is 0 Å². The average Bonchev–Trinajstić information content (AvgIpc) is 3.33. The molecule has 30 heavy (non-hydrogen) atoms. The number of anilines is 1. The quantitative estimate of drug-likeness (QED) is 0.327. The lowest BCUT2D eigenvalue weighted by Gasteiger charge is -2.37. The van der Waals surface area contributed by atoms with Crippen molar-refractivity contribution >= 4 is 40.2 Å². The summed E-state index contributed by atoms with van der Waals surface area (Å²) in [7, 11) is 1.63. The number of aryl methyl sites for hydroxylation is 1. The van der Waals surface area contributed by atoms with Gasteiger partial charge in [0.15, 0.2) is 5.92 Å². The fourth-order valence-electron chi connectivity index (χ4n) is 4.04. The van der Waals surface area contributed by atoms with Crippen molar-refractivity contribution in [2.75, 3.05) is 31.8 Å². The van der Waals surface area contributed by atoms with Crippen molar-refractivity contribution in [3.05, 3.63) is 46.2 Å². The number of imidazole rings is 1. The molecule has 2 atom stereocenters. The summed E-state index contributed by atoms with van der Waals surface area (Å²) in [6.45, 7) is 4.91. The summed E-state index contributed by atoms with van der Waals surface area (Å²) in [4.78, 5) is 34.0. The molecule has 8 heteroatoms. The number of ether oxygens (including phenoxy) is 2. The van der Waals surface area contributed by atoms with E-state index in [-0.39, 0.29) is 12.5 Å². The maximum Gasteiger partial charge on any atom is 0.321 e. The van der Waals surface area contributed by atoms with Crippen molar-refractivity contribution in [3.63, 3.8) is 0 Å². The van der Waals surface area contributed by atoms with Gasteiger partial charge in [-0.2, -0.15) is 0 Å². The molecule has 4 rings (SSSR count). The highest BCUT2D eigenvalue weighted by Crippen LogP contribution is 2.43. The van der Waals surface area contributed by atoms with Gasteiger partial charge in [0.1, 0.15) is 0 Å². The van der Waals surface area contributed by atoms with Crippen molar-refractivity contribution in [3.8, 4) is 0 Å². The Bertz CT molecular complexity index is 1070. The van der Waals surface area contributed by atoms with Gasteiger partial charge in [0.25, 0.3) is 0 Å². The van der Waals surface area contributed by atoms with E-state index in [2.05, 4.69) is 0 Å². The minimum Gasteiger partial charge on any atom is -0.465 e. The topological polar surface area (TPSA) is 73.7 Å². The molecule has 3 heterocycles. The molecule has 0 saturated heterocycles. The minimum atomic E-state index is -0.963. The van der Waals surface area contributed by atoms with Crippen LogP contribution in [-0.2, 0) is 19.1 Å². The Morgan fingerprint density at radius 2 is 2.07 bits per heavy atom. The Labute approximate surface area is 179 Å². The number of methoxy groups -OCH3 is 1. The third kappa shape index (κ3) is 3.40. The second kappa shape index (κ2) is 8.57. The Hall–Kier alpha value is -2.71. The van der Waals surface area contributed by atoms with Crippen LogP contribution < -0.4 is 4.90 Å². The second-order valence-electron chi connectivity index (χ2n) is 7.25. The van der Waals surface area contributed by atoms with Crippen molar-refractivity contribution in [1.82, 2.24) is 9.55 Å². The first-order valence-electron chi connectivity index (χ1n) is 10.1. The van der Waals surface area contributed by atoms with Crippen molar-refractivity contribution < 1.29 is 19.1 Å². The van der Waals surface area contributed by atoms with Crippen LogP contribution in [0.25, 0.3) is 11.0 Å². The van der Waals surface area contributed by atoms with Crippen LogP contribution in [-0.4, -0.2) is 48.3 Å². The molecule has 158 valence electrons. The molecule has 0 N–H and O–H groups in total. The van der Waals surface area contributed by atoms with Gasteiger partial charge in [-0.1, -0.05) is 12.1 Å². The fraction of sp³-hybridized carbons (Fsp3) is 0.409. The molecular formula is C22H25N3O4S. The average molecular weight is 428 g/mol. The lowest BCUT2D eigenvalue weighted by Crippen LogP contribution is -2.50. The van der Waals surface area contributed by atoms with E-state index >= 15 is 0 Å². The van der Waals surface area contributed by atoms with Crippen LogP contribution in [0.4, 0.5) is 5.95 Å². The highest BCUT2D eigenvalue weighted by molar-refractivity contribution is 7.10. The summed E-state index contributed by atoms with van der Waals surface area (Å²) >= 11 is 1.55. The summed E-state index contributed by atoms with van der Waals surface area (Å²) in [6, 6.07) is 9.30. The number of esters is 1. The van der Waals surface area contributed by atoms with E-state index in [9.17, 15) is 9.59 Å². The summed E-state index contributed by atoms with van der Waals surface area (Å²) in [5, 5.41) is 1.99. The molecule has 0 aliphatic carbocycles. The highest BCUT2D eigenvalue weighted by Gasteiger charge is 2.48. The smallest absolute Gasteiger partial charge is 0.321 e. The van der Waals surface area contributed by atoms with Gasteiger partial charge in [0.2, 0.25) is 11.9 Å². The normalized spacial score (nSPS) is 18.6. The zero-order chi connectivity index (χ0) is 21.3. The van der Waals surface area contributed by atoms with E-state index in [0.717, 1.165) is 21.5 Å². The van der Waals surface area contributed by atoms with Crippen LogP contribution in [0.2, 0.25) is 0 Å². The molecule has 7 nitrogen and oxygen atoms in total. The maximum absolute atomic E-state index is 13.6. The summed E-state index contributed by atoms with van der Waals surface area (Å²) in [6.07, 6.45) is 0.643. The number of carbonyl (C=O) groups is 2. The molecule has 0 fully saturated rings. The fourth-order valence-corrected chi connectivity index (χ4v) is 5.10. The van der Waals surface area contributed by atoms with Gasteiger partial charge in [0.05, 0.1) is 23.7 Å². The molecule has 0 saturated carbocycles. The maximum atomic E-state index is 13.6. The van der Waals surface area contributed by atoms with Gasteiger partial charge in [-0.15, -0.1) is 11.3 Å². The highest BCUT2D eigenvalue weighted by atomic mass is 32.1. The molecule has 0 bridgehead atoms. The summed E-state index contributed by atoms with van der Waals surface area (Å²) in [5.41, 5.74) is 2.73. The largest absolute Gasteiger partial charge is 0.465 e. The number of para-hydroxylation sites is 2. The number of hydrogen-bond acceptors (Lipinski definition) is 6. The second-order valence-corrected chi connectivity index (χ2v) is 8.20. The van der Waals surface area contributed by atoms with E-state index in [1.165, 1.54) is 0 Å².